The highest BCUT2D eigenvalue weighted by atomic mass is 19.4. The second-order valence-electron chi connectivity index (χ2n) is 4.70. The highest BCUT2D eigenvalue weighted by Gasteiger charge is 2.91. The van der Waals surface area contributed by atoms with E-state index in [4.69, 9.17) is 0 Å². The lowest BCUT2D eigenvalue weighted by molar-refractivity contribution is -0.345. The fourth-order valence-corrected chi connectivity index (χ4v) is 2.44. The summed E-state index contributed by atoms with van der Waals surface area (Å²) >= 11 is 0. The zero-order valence-corrected chi connectivity index (χ0v) is 11.0. The summed E-state index contributed by atoms with van der Waals surface area (Å²) in [6.07, 6.45) is -33.7. The molecule has 0 aliphatic heterocycles. The minimum absolute atomic E-state index is 4.24. The van der Waals surface area contributed by atoms with E-state index in [0.29, 0.717) is 0 Å². The molecule has 0 bridgehead atoms. The molecule has 0 saturated heterocycles. The van der Waals surface area contributed by atoms with E-state index in [0.717, 1.165) is 0 Å². The third-order valence-electron chi connectivity index (χ3n) is 3.23. The average Bonchev–Trinajstić information content (AvgIpc) is 2.24. The molecule has 16 heteroatoms. The van der Waals surface area contributed by atoms with E-state index in [9.17, 15) is 70.2 Å². The molecule has 0 amide bonds. The van der Waals surface area contributed by atoms with Gasteiger partial charge in [0, 0.05) is 5.57 Å². The lowest BCUT2D eigenvalue weighted by Gasteiger charge is -2.53. The van der Waals surface area contributed by atoms with Crippen LogP contribution in [0.2, 0.25) is 0 Å². The van der Waals surface area contributed by atoms with Gasteiger partial charge in [-0.25, -0.2) is 0 Å². The molecule has 1 aliphatic rings. The van der Waals surface area contributed by atoms with E-state index in [1.165, 1.54) is 0 Å². The Bertz CT molecular complexity index is 610. The largest absolute Gasteiger partial charge is 0.421 e. The summed E-state index contributed by atoms with van der Waals surface area (Å²) in [6.45, 7) is 0. The van der Waals surface area contributed by atoms with Crippen molar-refractivity contribution in [2.45, 2.75) is 30.6 Å². The number of hydrogen-bond donors (Lipinski definition) is 0. The van der Waals surface area contributed by atoms with Gasteiger partial charge in [-0.2, -0.15) is 70.2 Å². The Kier molecular flexibility index (Phi) is 4.68. The number of rotatable bonds is 0. The van der Waals surface area contributed by atoms with Crippen LogP contribution in [-0.4, -0.2) is 30.6 Å². The fraction of sp³-hybridized carbons (Fsp3) is 0.600. The predicted molar refractivity (Wildman–Crippen MR) is 47.9 cm³/mol. The van der Waals surface area contributed by atoms with Gasteiger partial charge in [-0.05, 0) is 0 Å². The first kappa shape index (κ1) is 22.4. The van der Waals surface area contributed by atoms with Crippen molar-refractivity contribution >= 4 is 0 Å². The van der Waals surface area contributed by atoms with Crippen molar-refractivity contribution in [3.05, 3.63) is 22.8 Å². The molecule has 1 rings (SSSR count). The first-order valence-corrected chi connectivity index (χ1v) is 5.52. The van der Waals surface area contributed by atoms with Gasteiger partial charge in [0.2, 0.25) is 5.41 Å². The Hall–Kier alpha value is -1.64. The fourth-order valence-electron chi connectivity index (χ4n) is 2.44. The van der Waals surface area contributed by atoms with E-state index in [2.05, 4.69) is 0 Å². The summed E-state index contributed by atoms with van der Waals surface area (Å²) < 4.78 is 203. The number of hydrogen-bond acceptors (Lipinski definition) is 0. The molecule has 0 heterocycles. The van der Waals surface area contributed by atoms with E-state index >= 15 is 0 Å². The molecule has 1 fully saturated rings. The summed E-state index contributed by atoms with van der Waals surface area (Å²) in [7, 11) is 0. The zero-order valence-electron chi connectivity index (χ0n) is 11.0. The van der Waals surface area contributed by atoms with Gasteiger partial charge in [0.05, 0.1) is 5.57 Å². The van der Waals surface area contributed by atoms with Crippen LogP contribution in [0.3, 0.4) is 0 Å². The van der Waals surface area contributed by atoms with Crippen LogP contribution >= 0.6 is 0 Å². The van der Waals surface area contributed by atoms with Crippen molar-refractivity contribution in [1.29, 1.82) is 0 Å². The topological polar surface area (TPSA) is 0 Å². The quantitative estimate of drug-likeness (QED) is 0.316. The van der Waals surface area contributed by atoms with Gasteiger partial charge in [0.25, 0.3) is 12.0 Å². The van der Waals surface area contributed by atoms with Gasteiger partial charge in [-0.15, -0.1) is 0 Å². The Labute approximate surface area is 130 Å². The smallest absolute Gasteiger partial charge is 0.196 e. The van der Waals surface area contributed by atoms with Gasteiger partial charge in [0.1, 0.15) is 5.57 Å². The molecular weight excluding hydrogens is 424 g/mol. The summed E-state index contributed by atoms with van der Waals surface area (Å²) in [4.78, 5) is 0. The van der Waals surface area contributed by atoms with E-state index in [-0.39, 0.29) is 0 Å². The highest BCUT2D eigenvalue weighted by molar-refractivity contribution is 5.60. The molecule has 1 aliphatic carbocycles. The minimum Gasteiger partial charge on any atom is -0.196 e. The van der Waals surface area contributed by atoms with Crippen LogP contribution in [0.1, 0.15) is 0 Å². The SMILES string of the molecule is FC(F)=C1C(F)(F)C(=C(C(F)(F)F)C(F)(F)F)C1(C(F)(F)F)C(F)(F)F. The maximum absolute atomic E-state index is 13.4. The first-order chi connectivity index (χ1) is 11.1. The maximum atomic E-state index is 13.4. The summed E-state index contributed by atoms with van der Waals surface area (Å²) in [5, 5.41) is 0. The van der Waals surface area contributed by atoms with E-state index in [1.807, 2.05) is 0 Å². The molecular formula is C10F16. The van der Waals surface area contributed by atoms with Crippen molar-refractivity contribution in [2.24, 2.45) is 5.41 Å². The molecule has 0 radical (unpaired) electrons. The van der Waals surface area contributed by atoms with Crippen molar-refractivity contribution in [2.75, 3.05) is 0 Å². The average molecular weight is 424 g/mol. The van der Waals surface area contributed by atoms with E-state index < -0.39 is 58.8 Å². The summed E-state index contributed by atoms with van der Waals surface area (Å²) in [6, 6.07) is 0. The van der Waals surface area contributed by atoms with Crippen LogP contribution in [0.5, 0.6) is 0 Å². The lowest BCUT2D eigenvalue weighted by atomic mass is 9.55. The molecule has 0 aromatic heterocycles. The monoisotopic (exact) mass is 424 g/mol. The first-order valence-electron chi connectivity index (χ1n) is 5.52. The predicted octanol–water partition coefficient (Wildman–Crippen LogP) is 6.32. The second-order valence-corrected chi connectivity index (χ2v) is 4.70. The van der Waals surface area contributed by atoms with E-state index in [1.54, 1.807) is 0 Å². The van der Waals surface area contributed by atoms with Crippen molar-refractivity contribution < 1.29 is 70.2 Å². The molecule has 26 heavy (non-hydrogen) atoms. The molecule has 0 aromatic carbocycles. The van der Waals surface area contributed by atoms with Gasteiger partial charge < -0.3 is 0 Å². The van der Waals surface area contributed by atoms with Crippen molar-refractivity contribution in [1.82, 2.24) is 0 Å². The van der Waals surface area contributed by atoms with Crippen LogP contribution in [0.15, 0.2) is 22.8 Å². The number of allylic oxidation sites excluding steroid dienone is 3. The van der Waals surface area contributed by atoms with Crippen LogP contribution in [0.4, 0.5) is 70.2 Å². The zero-order chi connectivity index (χ0) is 21.3. The van der Waals surface area contributed by atoms with Crippen LogP contribution in [0, 0.1) is 5.41 Å². The normalized spacial score (nSPS) is 20.8. The summed E-state index contributed by atoms with van der Waals surface area (Å²) in [5.74, 6) is -6.51. The van der Waals surface area contributed by atoms with Crippen molar-refractivity contribution in [3.63, 3.8) is 0 Å². The Morgan fingerprint density at radius 2 is 0.885 bits per heavy atom. The van der Waals surface area contributed by atoms with Crippen LogP contribution < -0.4 is 0 Å². The Balaban J connectivity index is 4.32. The molecule has 0 N–H and O–H groups in total. The standard InChI is InChI=1S/C10F16/c11-4(12)3-5(9(21,22)23,10(24,25)26)1(6(3,13)14)2(7(15,16)17)8(18,19)20. The number of alkyl halides is 14. The van der Waals surface area contributed by atoms with Gasteiger partial charge >= 0.3 is 24.7 Å². The third-order valence-corrected chi connectivity index (χ3v) is 3.23. The lowest BCUT2D eigenvalue weighted by Crippen LogP contribution is -2.68. The second kappa shape index (κ2) is 5.43. The molecule has 0 unspecified atom stereocenters. The Morgan fingerprint density at radius 1 is 0.577 bits per heavy atom. The van der Waals surface area contributed by atoms with Gasteiger partial charge in [-0.1, -0.05) is 0 Å². The molecule has 0 aromatic rings. The van der Waals surface area contributed by atoms with Gasteiger partial charge in [-0.3, -0.25) is 0 Å². The molecule has 152 valence electrons. The van der Waals surface area contributed by atoms with Crippen LogP contribution in [-0.2, 0) is 0 Å². The molecule has 1 saturated carbocycles. The third kappa shape index (κ3) is 2.80. The highest BCUT2D eigenvalue weighted by Crippen LogP contribution is 2.76. The van der Waals surface area contributed by atoms with Gasteiger partial charge in [0.15, 0.2) is 0 Å². The molecule has 0 spiro atoms. The molecule has 0 atom stereocenters. The maximum Gasteiger partial charge on any atom is 0.421 e. The number of halogens is 16. The Morgan fingerprint density at radius 3 is 1.08 bits per heavy atom. The minimum atomic E-state index is -7.43. The van der Waals surface area contributed by atoms with Crippen molar-refractivity contribution in [3.8, 4) is 0 Å². The summed E-state index contributed by atoms with van der Waals surface area (Å²) in [5.41, 5.74) is -20.6. The van der Waals surface area contributed by atoms with Crippen LogP contribution in [0.25, 0.3) is 0 Å². The molecule has 0 nitrogen and oxygen atoms in total.